The summed E-state index contributed by atoms with van der Waals surface area (Å²) in [5.74, 6) is -5.54. The van der Waals surface area contributed by atoms with Crippen molar-refractivity contribution in [3.63, 3.8) is 0 Å². The highest BCUT2D eigenvalue weighted by molar-refractivity contribution is 9.10. The van der Waals surface area contributed by atoms with E-state index in [1.54, 1.807) is 31.2 Å². The fraction of sp³-hybridized carbons (Fsp3) is 0.136. The highest BCUT2D eigenvalue weighted by Gasteiger charge is 2.50. The number of halogens is 3. The van der Waals surface area contributed by atoms with E-state index in [2.05, 4.69) is 15.9 Å². The summed E-state index contributed by atoms with van der Waals surface area (Å²) in [7, 11) is -4.33. The van der Waals surface area contributed by atoms with Crippen LogP contribution in [0.3, 0.4) is 0 Å². The molecule has 3 aromatic carbocycles. The van der Waals surface area contributed by atoms with E-state index in [9.17, 15) is 13.2 Å². The van der Waals surface area contributed by atoms with Crippen LogP contribution in [0.1, 0.15) is 27.5 Å². The molecule has 0 saturated heterocycles. The standard InChI is InChI=1S/C22H18BrF2NO3S/c1-15-11-13-17(14-12-15)30(28,29)26-20(16-7-3-2-4-8-16)22(24,25)21(27)18-9-5-6-10-19(18)23/h2-14,20,26H,1H3. The van der Waals surface area contributed by atoms with Crippen LogP contribution in [0.4, 0.5) is 8.78 Å². The van der Waals surface area contributed by atoms with Crippen molar-refractivity contribution < 1.29 is 22.0 Å². The molecular formula is C22H18BrF2NO3S. The van der Waals surface area contributed by atoms with E-state index in [0.29, 0.717) is 0 Å². The third-order valence-electron chi connectivity index (χ3n) is 4.52. The number of nitrogens with one attached hydrogen (secondary N) is 1. The molecule has 30 heavy (non-hydrogen) atoms. The molecule has 0 aliphatic heterocycles. The summed E-state index contributed by atoms with van der Waals surface area (Å²) in [5, 5.41) is 0. The molecule has 0 aliphatic carbocycles. The lowest BCUT2D eigenvalue weighted by Crippen LogP contribution is -2.45. The molecule has 8 heteroatoms. The number of aryl methyl sites for hydroxylation is 1. The van der Waals surface area contributed by atoms with Gasteiger partial charge in [0.1, 0.15) is 6.04 Å². The second-order valence-corrected chi connectivity index (χ2v) is 9.28. The largest absolute Gasteiger partial charge is 0.329 e. The minimum atomic E-state index is -4.33. The van der Waals surface area contributed by atoms with Crippen LogP contribution < -0.4 is 4.72 Å². The smallest absolute Gasteiger partial charge is 0.287 e. The molecule has 0 radical (unpaired) electrons. The Kier molecular flexibility index (Phi) is 6.50. The zero-order chi connectivity index (χ0) is 21.9. The second kappa shape index (κ2) is 8.75. The number of rotatable bonds is 7. The Hall–Kier alpha value is -2.42. The lowest BCUT2D eigenvalue weighted by Gasteiger charge is -2.27. The number of carbonyl (C=O) groups excluding carboxylic acids is 1. The summed E-state index contributed by atoms with van der Waals surface area (Å²) < 4.78 is 58.8. The van der Waals surface area contributed by atoms with E-state index in [1.165, 1.54) is 54.6 Å². The van der Waals surface area contributed by atoms with Crippen molar-refractivity contribution in [1.29, 1.82) is 0 Å². The van der Waals surface area contributed by atoms with Crippen LogP contribution in [0, 0.1) is 6.92 Å². The number of hydrogen-bond acceptors (Lipinski definition) is 3. The molecule has 0 fully saturated rings. The van der Waals surface area contributed by atoms with Gasteiger partial charge in [-0.1, -0.05) is 82.2 Å². The molecule has 0 spiro atoms. The Morgan fingerprint density at radius 1 is 0.933 bits per heavy atom. The Labute approximate surface area is 182 Å². The van der Waals surface area contributed by atoms with Crippen molar-refractivity contribution in [3.8, 4) is 0 Å². The molecule has 1 atom stereocenters. The van der Waals surface area contributed by atoms with Crippen LogP contribution in [0.15, 0.2) is 88.2 Å². The predicted molar refractivity (Wildman–Crippen MR) is 114 cm³/mol. The summed E-state index contributed by atoms with van der Waals surface area (Å²) in [6, 6.07) is 16.8. The van der Waals surface area contributed by atoms with Crippen LogP contribution in [0.25, 0.3) is 0 Å². The summed E-state index contributed by atoms with van der Waals surface area (Å²) in [4.78, 5) is 12.6. The van der Waals surface area contributed by atoms with Gasteiger partial charge < -0.3 is 0 Å². The number of alkyl halides is 2. The highest BCUT2D eigenvalue weighted by atomic mass is 79.9. The van der Waals surface area contributed by atoms with Gasteiger partial charge in [-0.3, -0.25) is 4.79 Å². The molecule has 0 heterocycles. The Balaban J connectivity index is 2.06. The normalized spacial score (nSPS) is 13.1. The van der Waals surface area contributed by atoms with Gasteiger partial charge >= 0.3 is 5.92 Å². The maximum Gasteiger partial charge on any atom is 0.329 e. The quantitative estimate of drug-likeness (QED) is 0.454. The van der Waals surface area contributed by atoms with Crippen molar-refractivity contribution in [2.75, 3.05) is 0 Å². The SMILES string of the molecule is Cc1ccc(S(=O)(=O)NC(c2ccccc2)C(F)(F)C(=O)c2ccccc2Br)cc1. The predicted octanol–water partition coefficient (Wildman–Crippen LogP) is 5.30. The zero-order valence-electron chi connectivity index (χ0n) is 15.8. The van der Waals surface area contributed by atoms with Gasteiger partial charge in [-0.25, -0.2) is 8.42 Å². The van der Waals surface area contributed by atoms with Gasteiger partial charge in [-0.05, 0) is 30.7 Å². The van der Waals surface area contributed by atoms with Crippen molar-refractivity contribution in [2.24, 2.45) is 0 Å². The fourth-order valence-corrected chi connectivity index (χ4v) is 4.58. The molecule has 3 aromatic rings. The van der Waals surface area contributed by atoms with Gasteiger partial charge in [0, 0.05) is 10.0 Å². The van der Waals surface area contributed by atoms with Gasteiger partial charge in [0.15, 0.2) is 0 Å². The van der Waals surface area contributed by atoms with Gasteiger partial charge in [-0.2, -0.15) is 13.5 Å². The average Bonchev–Trinajstić information content (AvgIpc) is 2.73. The Morgan fingerprint density at radius 3 is 2.10 bits per heavy atom. The summed E-state index contributed by atoms with van der Waals surface area (Å²) >= 11 is 3.11. The topological polar surface area (TPSA) is 63.2 Å². The molecule has 156 valence electrons. The van der Waals surface area contributed by atoms with Crippen molar-refractivity contribution in [2.45, 2.75) is 23.8 Å². The molecule has 1 N–H and O–H groups in total. The molecule has 1 unspecified atom stereocenters. The van der Waals surface area contributed by atoms with Crippen LogP contribution in [0.5, 0.6) is 0 Å². The maximum atomic E-state index is 15.4. The first kappa shape index (κ1) is 22.3. The molecule has 3 rings (SSSR count). The fourth-order valence-electron chi connectivity index (χ4n) is 2.89. The van der Waals surface area contributed by atoms with Crippen LogP contribution in [-0.4, -0.2) is 20.1 Å². The number of carbonyl (C=O) groups is 1. The Bertz CT molecular complexity index is 1150. The van der Waals surface area contributed by atoms with Crippen LogP contribution in [-0.2, 0) is 10.0 Å². The number of Topliss-reactive ketones (excluding diaryl/α,β-unsaturated/α-hetero) is 1. The maximum absolute atomic E-state index is 15.4. The monoisotopic (exact) mass is 493 g/mol. The molecule has 0 bridgehead atoms. The molecule has 0 saturated carbocycles. The van der Waals surface area contributed by atoms with E-state index >= 15 is 8.78 Å². The number of hydrogen-bond donors (Lipinski definition) is 1. The first-order chi connectivity index (χ1) is 14.1. The number of benzene rings is 3. The van der Waals surface area contributed by atoms with Crippen molar-refractivity contribution in [3.05, 3.63) is 100 Å². The van der Waals surface area contributed by atoms with E-state index in [4.69, 9.17) is 0 Å². The van der Waals surface area contributed by atoms with Gasteiger partial charge in [-0.15, -0.1) is 0 Å². The number of sulfonamides is 1. The third-order valence-corrected chi connectivity index (χ3v) is 6.65. The number of ketones is 1. The second-order valence-electron chi connectivity index (χ2n) is 6.71. The first-order valence-corrected chi connectivity index (χ1v) is 11.2. The van der Waals surface area contributed by atoms with Crippen LogP contribution in [0.2, 0.25) is 0 Å². The highest BCUT2D eigenvalue weighted by Crippen LogP contribution is 2.37. The zero-order valence-corrected chi connectivity index (χ0v) is 18.3. The van der Waals surface area contributed by atoms with E-state index in [1.807, 2.05) is 4.72 Å². The van der Waals surface area contributed by atoms with Gasteiger partial charge in [0.2, 0.25) is 15.8 Å². The molecule has 0 amide bonds. The third kappa shape index (κ3) is 4.66. The molecule has 4 nitrogen and oxygen atoms in total. The van der Waals surface area contributed by atoms with E-state index in [-0.39, 0.29) is 20.5 Å². The van der Waals surface area contributed by atoms with Gasteiger partial charge in [0.05, 0.1) is 4.90 Å². The minimum absolute atomic E-state index is 0.0291. The summed E-state index contributed by atoms with van der Waals surface area (Å²) in [6.45, 7) is 1.78. The Morgan fingerprint density at radius 2 is 1.50 bits per heavy atom. The average molecular weight is 494 g/mol. The molecule has 0 aromatic heterocycles. The van der Waals surface area contributed by atoms with Crippen molar-refractivity contribution in [1.82, 2.24) is 4.72 Å². The van der Waals surface area contributed by atoms with Crippen LogP contribution >= 0.6 is 15.9 Å². The van der Waals surface area contributed by atoms with E-state index < -0.39 is 27.8 Å². The molecule has 0 aliphatic rings. The molecular weight excluding hydrogens is 476 g/mol. The minimum Gasteiger partial charge on any atom is -0.287 e. The van der Waals surface area contributed by atoms with Crippen molar-refractivity contribution >= 4 is 31.7 Å². The summed E-state index contributed by atoms with van der Waals surface area (Å²) in [6.07, 6.45) is 0. The first-order valence-electron chi connectivity index (χ1n) is 8.94. The van der Waals surface area contributed by atoms with E-state index in [0.717, 1.165) is 5.56 Å². The van der Waals surface area contributed by atoms with Gasteiger partial charge in [0.25, 0.3) is 0 Å². The lowest BCUT2D eigenvalue weighted by molar-refractivity contribution is -0.0111. The summed E-state index contributed by atoms with van der Waals surface area (Å²) in [5.41, 5.74) is 0.555. The lowest BCUT2D eigenvalue weighted by atomic mass is 9.94.